The van der Waals surface area contributed by atoms with Gasteiger partial charge in [-0.2, -0.15) is 26.3 Å². The predicted octanol–water partition coefficient (Wildman–Crippen LogP) is 4.91. The summed E-state index contributed by atoms with van der Waals surface area (Å²) in [6, 6.07) is 0.900. The zero-order valence-electron chi connectivity index (χ0n) is 20.2. The highest BCUT2D eigenvalue weighted by Gasteiger charge is 2.37. The SMILES string of the molecule is C#CC(CC)(CC)NC(=O)CNC1CCC(CNC(=O)c2cc(C(F)(F)F)cc(C(F)(F)F)c2)CC1. The molecule has 2 rings (SSSR count). The molecule has 1 fully saturated rings. The van der Waals surface area contributed by atoms with E-state index in [1.165, 1.54) is 0 Å². The van der Waals surface area contributed by atoms with Crippen LogP contribution in [0.3, 0.4) is 0 Å². The van der Waals surface area contributed by atoms with Crippen molar-refractivity contribution in [2.45, 2.75) is 76.3 Å². The Morgan fingerprint density at radius 3 is 1.92 bits per heavy atom. The lowest BCUT2D eigenvalue weighted by atomic mass is 9.86. The van der Waals surface area contributed by atoms with Crippen LogP contribution in [-0.2, 0) is 17.1 Å². The first kappa shape index (κ1) is 29.5. The van der Waals surface area contributed by atoms with Crippen LogP contribution < -0.4 is 16.0 Å². The third kappa shape index (κ3) is 8.15. The maximum absolute atomic E-state index is 13.0. The average Bonchev–Trinajstić information content (AvgIpc) is 2.84. The molecule has 0 heterocycles. The molecule has 0 atom stereocenters. The van der Waals surface area contributed by atoms with Gasteiger partial charge in [0.25, 0.3) is 5.91 Å². The van der Waals surface area contributed by atoms with Crippen LogP contribution in [0.4, 0.5) is 26.3 Å². The van der Waals surface area contributed by atoms with E-state index in [-0.39, 0.29) is 37.0 Å². The Morgan fingerprint density at radius 2 is 1.47 bits per heavy atom. The normalized spacial score (nSPS) is 18.9. The van der Waals surface area contributed by atoms with Crippen molar-refractivity contribution in [3.63, 3.8) is 0 Å². The number of hydrogen-bond donors (Lipinski definition) is 3. The van der Waals surface area contributed by atoms with Gasteiger partial charge in [0, 0.05) is 18.2 Å². The lowest BCUT2D eigenvalue weighted by Crippen LogP contribution is -2.50. The van der Waals surface area contributed by atoms with Crippen molar-refractivity contribution >= 4 is 11.8 Å². The number of nitrogens with one attached hydrogen (secondary N) is 3. The van der Waals surface area contributed by atoms with E-state index in [1.807, 2.05) is 13.8 Å². The number of halogens is 6. The first-order valence-electron chi connectivity index (χ1n) is 11.8. The third-order valence-electron chi connectivity index (χ3n) is 6.66. The smallest absolute Gasteiger partial charge is 0.352 e. The molecule has 1 saturated carbocycles. The van der Waals surface area contributed by atoms with E-state index < -0.39 is 40.5 Å². The summed E-state index contributed by atoms with van der Waals surface area (Å²) in [5.74, 6) is 1.46. The van der Waals surface area contributed by atoms with Crippen LogP contribution in [0.5, 0.6) is 0 Å². The van der Waals surface area contributed by atoms with Crippen LogP contribution in [0.15, 0.2) is 18.2 Å². The van der Waals surface area contributed by atoms with Gasteiger partial charge in [-0.25, -0.2) is 0 Å². The van der Waals surface area contributed by atoms with Gasteiger partial charge < -0.3 is 16.0 Å². The van der Waals surface area contributed by atoms with Gasteiger partial charge in [-0.15, -0.1) is 6.42 Å². The van der Waals surface area contributed by atoms with E-state index in [4.69, 9.17) is 6.42 Å². The van der Waals surface area contributed by atoms with E-state index in [0.717, 1.165) is 0 Å². The first-order chi connectivity index (χ1) is 16.7. The van der Waals surface area contributed by atoms with Crippen LogP contribution in [0.2, 0.25) is 0 Å². The molecule has 3 N–H and O–H groups in total. The number of rotatable bonds is 9. The van der Waals surface area contributed by atoms with Crippen LogP contribution in [-0.4, -0.2) is 36.5 Å². The highest BCUT2D eigenvalue weighted by atomic mass is 19.4. The van der Waals surface area contributed by atoms with Crippen molar-refractivity contribution in [1.82, 2.24) is 16.0 Å². The monoisotopic (exact) mass is 519 g/mol. The fraction of sp³-hybridized carbons (Fsp3) is 0.600. The van der Waals surface area contributed by atoms with Gasteiger partial charge in [-0.1, -0.05) is 19.8 Å². The molecule has 36 heavy (non-hydrogen) atoms. The molecule has 0 bridgehead atoms. The number of terminal acetylenes is 1. The number of carbonyl (C=O) groups excluding carboxylic acids is 2. The summed E-state index contributed by atoms with van der Waals surface area (Å²) in [7, 11) is 0. The minimum Gasteiger partial charge on any atom is -0.352 e. The highest BCUT2D eigenvalue weighted by molar-refractivity contribution is 5.94. The molecule has 0 spiro atoms. The lowest BCUT2D eigenvalue weighted by Gasteiger charge is -2.30. The molecule has 0 aliphatic heterocycles. The summed E-state index contributed by atoms with van der Waals surface area (Å²) in [4.78, 5) is 24.6. The number of amides is 2. The summed E-state index contributed by atoms with van der Waals surface area (Å²) in [5.41, 5.74) is -4.43. The molecule has 0 aromatic heterocycles. The Kier molecular flexibility index (Phi) is 9.83. The fourth-order valence-corrected chi connectivity index (χ4v) is 4.21. The van der Waals surface area contributed by atoms with Crippen molar-refractivity contribution in [3.05, 3.63) is 34.9 Å². The topological polar surface area (TPSA) is 70.2 Å². The maximum atomic E-state index is 13.0. The largest absolute Gasteiger partial charge is 0.416 e. The molecule has 5 nitrogen and oxygen atoms in total. The van der Waals surface area contributed by atoms with Gasteiger partial charge in [-0.3, -0.25) is 9.59 Å². The average molecular weight is 520 g/mol. The summed E-state index contributed by atoms with van der Waals surface area (Å²) < 4.78 is 78.1. The van der Waals surface area contributed by atoms with Gasteiger partial charge in [0.1, 0.15) is 5.54 Å². The molecule has 0 saturated heterocycles. The number of carbonyl (C=O) groups is 2. The van der Waals surface area contributed by atoms with Crippen LogP contribution in [0, 0.1) is 18.3 Å². The number of alkyl halides is 6. The summed E-state index contributed by atoms with van der Waals surface area (Å²) in [6.07, 6.45) is -0.499. The lowest BCUT2D eigenvalue weighted by molar-refractivity contribution is -0.143. The Balaban J connectivity index is 1.86. The van der Waals surface area contributed by atoms with E-state index >= 15 is 0 Å². The molecule has 1 aromatic rings. The summed E-state index contributed by atoms with van der Waals surface area (Å²) >= 11 is 0. The van der Waals surface area contributed by atoms with Crippen LogP contribution >= 0.6 is 0 Å². The molecule has 2 amide bonds. The Hall–Kier alpha value is -2.74. The molecule has 0 radical (unpaired) electrons. The molecule has 200 valence electrons. The van der Waals surface area contributed by atoms with Crippen molar-refractivity contribution in [1.29, 1.82) is 0 Å². The zero-order chi connectivity index (χ0) is 27.1. The summed E-state index contributed by atoms with van der Waals surface area (Å²) in [6.45, 7) is 4.03. The highest BCUT2D eigenvalue weighted by Crippen LogP contribution is 2.36. The van der Waals surface area contributed by atoms with Gasteiger partial charge in [0.2, 0.25) is 5.91 Å². The van der Waals surface area contributed by atoms with Gasteiger partial charge in [0.15, 0.2) is 0 Å². The fourth-order valence-electron chi connectivity index (χ4n) is 4.21. The van der Waals surface area contributed by atoms with Crippen LogP contribution in [0.1, 0.15) is 73.9 Å². The van der Waals surface area contributed by atoms with E-state index in [2.05, 4.69) is 21.9 Å². The molecular formula is C25H31F6N3O2. The van der Waals surface area contributed by atoms with E-state index in [9.17, 15) is 35.9 Å². The molecular weight excluding hydrogens is 488 g/mol. The Labute approximate surface area is 206 Å². The molecule has 0 unspecified atom stereocenters. The second kappa shape index (κ2) is 12.0. The molecule has 1 aliphatic rings. The van der Waals surface area contributed by atoms with Gasteiger partial charge in [-0.05, 0) is 62.6 Å². The van der Waals surface area contributed by atoms with Crippen molar-refractivity contribution < 1.29 is 35.9 Å². The first-order valence-corrected chi connectivity index (χ1v) is 11.8. The Morgan fingerprint density at radius 1 is 0.944 bits per heavy atom. The third-order valence-corrected chi connectivity index (χ3v) is 6.66. The number of hydrogen-bond acceptors (Lipinski definition) is 3. The van der Waals surface area contributed by atoms with E-state index in [1.54, 1.807) is 0 Å². The Bertz CT molecular complexity index is 924. The zero-order valence-corrected chi connectivity index (χ0v) is 20.2. The predicted molar refractivity (Wildman–Crippen MR) is 123 cm³/mol. The second-order valence-electron chi connectivity index (χ2n) is 9.08. The van der Waals surface area contributed by atoms with Gasteiger partial charge in [0.05, 0.1) is 17.7 Å². The molecule has 11 heteroatoms. The maximum Gasteiger partial charge on any atom is 0.416 e. The van der Waals surface area contributed by atoms with E-state index in [0.29, 0.717) is 50.7 Å². The second-order valence-corrected chi connectivity index (χ2v) is 9.08. The van der Waals surface area contributed by atoms with Gasteiger partial charge >= 0.3 is 12.4 Å². The standard InChI is InChI=1S/C25H31F6N3O2/c1-4-23(5-2,6-3)34-21(35)15-32-20-9-7-16(8-10-20)14-33-22(36)17-11-18(24(26,27)28)13-19(12-17)25(29,30)31/h1,11-13,16,20,32H,5-10,14-15H2,2-3H3,(H,33,36)(H,34,35). The quantitative estimate of drug-likeness (QED) is 0.321. The molecule has 1 aliphatic carbocycles. The van der Waals surface area contributed by atoms with Crippen LogP contribution in [0.25, 0.3) is 0 Å². The summed E-state index contributed by atoms with van der Waals surface area (Å²) in [5, 5.41) is 8.52. The molecule has 1 aromatic carbocycles. The minimum atomic E-state index is -5.02. The minimum absolute atomic E-state index is 0.0116. The number of benzene rings is 1. The van der Waals surface area contributed by atoms with Crippen molar-refractivity contribution in [2.24, 2.45) is 5.92 Å². The van der Waals surface area contributed by atoms with Crippen molar-refractivity contribution in [2.75, 3.05) is 13.1 Å². The van der Waals surface area contributed by atoms with Crippen molar-refractivity contribution in [3.8, 4) is 12.3 Å².